The fraction of sp³-hybridized carbons (Fsp3) is 0.238. The van der Waals surface area contributed by atoms with Crippen LogP contribution >= 0.6 is 0 Å². The molecular weight excluding hydrogens is 308 g/mol. The van der Waals surface area contributed by atoms with E-state index in [1.807, 2.05) is 24.3 Å². The van der Waals surface area contributed by atoms with E-state index in [4.69, 9.17) is 0 Å². The van der Waals surface area contributed by atoms with Gasteiger partial charge in [0.05, 0.1) is 0 Å². The van der Waals surface area contributed by atoms with Crippen LogP contribution in [-0.2, 0) is 0 Å². The zero-order valence-corrected chi connectivity index (χ0v) is 15.0. The molecule has 128 valence electrons. The zero-order valence-electron chi connectivity index (χ0n) is 15.0. The summed E-state index contributed by atoms with van der Waals surface area (Å²) in [5.74, 6) is 2.01. The van der Waals surface area contributed by atoms with Crippen LogP contribution in [0.3, 0.4) is 0 Å². The van der Waals surface area contributed by atoms with Crippen LogP contribution in [0.25, 0.3) is 0 Å². The largest absolute Gasteiger partial charge is 0.327 e. The summed E-state index contributed by atoms with van der Waals surface area (Å²) in [7, 11) is 0. The molecule has 0 saturated heterocycles. The Morgan fingerprint density at radius 3 is 2.32 bits per heavy atom. The van der Waals surface area contributed by atoms with E-state index < -0.39 is 0 Å². The summed E-state index contributed by atoms with van der Waals surface area (Å²) >= 11 is 0. The van der Waals surface area contributed by atoms with Gasteiger partial charge in [0.2, 0.25) is 5.95 Å². The molecule has 0 spiro atoms. The Morgan fingerprint density at radius 2 is 1.68 bits per heavy atom. The van der Waals surface area contributed by atoms with Gasteiger partial charge >= 0.3 is 0 Å². The average molecular weight is 332 g/mol. The lowest BCUT2D eigenvalue weighted by Gasteiger charge is -2.22. The molecular formula is C21H24N4. The molecule has 1 heterocycles. The third kappa shape index (κ3) is 4.15. The van der Waals surface area contributed by atoms with Crippen LogP contribution in [0.1, 0.15) is 32.3 Å². The van der Waals surface area contributed by atoms with Crippen LogP contribution in [0.15, 0.2) is 66.9 Å². The highest BCUT2D eigenvalue weighted by molar-refractivity contribution is 5.62. The Labute approximate surface area is 149 Å². The predicted octanol–water partition coefficient (Wildman–Crippen LogP) is 5.50. The summed E-state index contributed by atoms with van der Waals surface area (Å²) in [6, 6.07) is 20.6. The average Bonchev–Trinajstić information content (AvgIpc) is 2.64. The van der Waals surface area contributed by atoms with Gasteiger partial charge in [-0.2, -0.15) is 4.98 Å². The molecule has 0 unspecified atom stereocenters. The van der Waals surface area contributed by atoms with Crippen LogP contribution in [0.5, 0.6) is 0 Å². The minimum Gasteiger partial charge on any atom is -0.327 e. The first-order valence-corrected chi connectivity index (χ1v) is 8.70. The van der Waals surface area contributed by atoms with Crippen molar-refractivity contribution < 1.29 is 0 Å². The van der Waals surface area contributed by atoms with Crippen molar-refractivity contribution in [2.45, 2.75) is 26.7 Å². The van der Waals surface area contributed by atoms with E-state index in [2.05, 4.69) is 77.4 Å². The van der Waals surface area contributed by atoms with Gasteiger partial charge in [0, 0.05) is 24.1 Å². The maximum absolute atomic E-state index is 4.68. The van der Waals surface area contributed by atoms with E-state index in [9.17, 15) is 0 Å². The number of aromatic nitrogens is 2. The molecule has 25 heavy (non-hydrogen) atoms. The van der Waals surface area contributed by atoms with Crippen molar-refractivity contribution in [2.75, 3.05) is 16.8 Å². The molecule has 3 aromatic rings. The summed E-state index contributed by atoms with van der Waals surface area (Å²) in [5.41, 5.74) is 3.43. The van der Waals surface area contributed by atoms with E-state index >= 15 is 0 Å². The van der Waals surface area contributed by atoms with Gasteiger partial charge in [0.15, 0.2) is 0 Å². The number of benzene rings is 2. The molecule has 0 aliphatic heterocycles. The highest BCUT2D eigenvalue weighted by Gasteiger charge is 2.09. The number of anilines is 4. The first-order chi connectivity index (χ1) is 12.2. The minimum atomic E-state index is 0.526. The van der Waals surface area contributed by atoms with Crippen LogP contribution < -0.4 is 10.2 Å². The summed E-state index contributed by atoms with van der Waals surface area (Å²) in [5, 5.41) is 3.29. The van der Waals surface area contributed by atoms with Gasteiger partial charge in [-0.25, -0.2) is 4.98 Å². The van der Waals surface area contributed by atoms with Gasteiger partial charge < -0.3 is 10.2 Å². The lowest BCUT2D eigenvalue weighted by molar-refractivity contribution is 0.867. The van der Waals surface area contributed by atoms with Crippen molar-refractivity contribution in [2.24, 2.45) is 0 Å². The van der Waals surface area contributed by atoms with Crippen molar-refractivity contribution in [3.63, 3.8) is 0 Å². The van der Waals surface area contributed by atoms with Crippen molar-refractivity contribution in [1.82, 2.24) is 9.97 Å². The standard InChI is InChI=1S/C21H24N4/c1-4-25(19-8-6-5-7-9-19)20-14-15-22-21(24-20)23-18-12-10-17(11-13-18)16(2)3/h5-16H,4H2,1-3H3,(H,22,23,24). The van der Waals surface area contributed by atoms with E-state index in [1.54, 1.807) is 6.20 Å². The lowest BCUT2D eigenvalue weighted by Crippen LogP contribution is -2.17. The fourth-order valence-corrected chi connectivity index (χ4v) is 2.72. The number of para-hydroxylation sites is 1. The first kappa shape index (κ1) is 17.0. The van der Waals surface area contributed by atoms with E-state index in [0.29, 0.717) is 11.9 Å². The van der Waals surface area contributed by atoms with Gasteiger partial charge in [0.25, 0.3) is 0 Å². The second-order valence-corrected chi connectivity index (χ2v) is 6.22. The zero-order chi connectivity index (χ0) is 17.6. The fourth-order valence-electron chi connectivity index (χ4n) is 2.72. The molecule has 3 rings (SSSR count). The van der Waals surface area contributed by atoms with Crippen LogP contribution in [0.2, 0.25) is 0 Å². The van der Waals surface area contributed by atoms with E-state index in [-0.39, 0.29) is 0 Å². The Hall–Kier alpha value is -2.88. The van der Waals surface area contributed by atoms with Crippen molar-refractivity contribution >= 4 is 23.1 Å². The minimum absolute atomic E-state index is 0.526. The molecule has 0 saturated carbocycles. The molecule has 0 atom stereocenters. The molecule has 1 aromatic heterocycles. The maximum atomic E-state index is 4.68. The van der Waals surface area contributed by atoms with Crippen molar-refractivity contribution in [1.29, 1.82) is 0 Å². The number of hydrogen-bond acceptors (Lipinski definition) is 4. The van der Waals surface area contributed by atoms with Gasteiger partial charge in [-0.15, -0.1) is 0 Å². The molecule has 0 aliphatic carbocycles. The molecule has 2 aromatic carbocycles. The molecule has 1 N–H and O–H groups in total. The number of rotatable bonds is 6. The molecule has 0 aliphatic rings. The summed E-state index contributed by atoms with van der Waals surface area (Å²) < 4.78 is 0. The Balaban J connectivity index is 1.81. The van der Waals surface area contributed by atoms with Gasteiger partial charge in [0.1, 0.15) is 5.82 Å². The lowest BCUT2D eigenvalue weighted by atomic mass is 10.0. The van der Waals surface area contributed by atoms with Crippen molar-refractivity contribution in [3.05, 3.63) is 72.4 Å². The Kier molecular flexibility index (Phi) is 5.29. The number of hydrogen-bond donors (Lipinski definition) is 1. The molecule has 4 heteroatoms. The highest BCUT2D eigenvalue weighted by atomic mass is 15.2. The van der Waals surface area contributed by atoms with Crippen LogP contribution in [0.4, 0.5) is 23.1 Å². The molecule has 0 radical (unpaired) electrons. The second kappa shape index (κ2) is 7.79. The first-order valence-electron chi connectivity index (χ1n) is 8.70. The number of nitrogens with one attached hydrogen (secondary N) is 1. The predicted molar refractivity (Wildman–Crippen MR) is 105 cm³/mol. The quantitative estimate of drug-likeness (QED) is 0.647. The smallest absolute Gasteiger partial charge is 0.229 e. The highest BCUT2D eigenvalue weighted by Crippen LogP contribution is 2.24. The summed E-state index contributed by atoms with van der Waals surface area (Å²) in [6.07, 6.45) is 1.79. The van der Waals surface area contributed by atoms with Gasteiger partial charge in [-0.1, -0.05) is 44.2 Å². The maximum Gasteiger partial charge on any atom is 0.229 e. The molecule has 0 amide bonds. The number of nitrogens with zero attached hydrogens (tertiary/aromatic N) is 3. The SMILES string of the molecule is CCN(c1ccccc1)c1ccnc(Nc2ccc(C(C)C)cc2)n1. The second-order valence-electron chi connectivity index (χ2n) is 6.22. The van der Waals surface area contributed by atoms with E-state index in [0.717, 1.165) is 23.7 Å². The third-order valence-corrected chi connectivity index (χ3v) is 4.14. The molecule has 0 bridgehead atoms. The van der Waals surface area contributed by atoms with E-state index in [1.165, 1.54) is 5.56 Å². The van der Waals surface area contributed by atoms with Crippen LogP contribution in [0, 0.1) is 0 Å². The topological polar surface area (TPSA) is 41.1 Å². The monoisotopic (exact) mass is 332 g/mol. The Bertz CT molecular complexity index is 798. The third-order valence-electron chi connectivity index (χ3n) is 4.14. The normalized spacial score (nSPS) is 10.7. The van der Waals surface area contributed by atoms with Crippen molar-refractivity contribution in [3.8, 4) is 0 Å². The summed E-state index contributed by atoms with van der Waals surface area (Å²) in [6.45, 7) is 7.34. The van der Waals surface area contributed by atoms with Gasteiger partial charge in [-0.05, 0) is 48.7 Å². The van der Waals surface area contributed by atoms with Crippen LogP contribution in [-0.4, -0.2) is 16.5 Å². The Morgan fingerprint density at radius 1 is 0.960 bits per heavy atom. The molecule has 4 nitrogen and oxygen atoms in total. The molecule has 0 fully saturated rings. The van der Waals surface area contributed by atoms with Gasteiger partial charge in [-0.3, -0.25) is 0 Å². The summed E-state index contributed by atoms with van der Waals surface area (Å²) in [4.78, 5) is 11.2.